The van der Waals surface area contributed by atoms with Crippen LogP contribution in [0.25, 0.3) is 0 Å². The highest BCUT2D eigenvalue weighted by atomic mass is 15.0. The first-order valence-corrected chi connectivity index (χ1v) is 4.55. The second-order valence-electron chi connectivity index (χ2n) is 3.59. The van der Waals surface area contributed by atoms with Crippen LogP contribution < -0.4 is 10.6 Å². The SMILES string of the molecule is C=C(NC1CC1)C1CCCN1. The Labute approximate surface area is 68.1 Å². The third kappa shape index (κ3) is 1.74. The zero-order valence-electron chi connectivity index (χ0n) is 6.90. The number of nitrogens with one attached hydrogen (secondary N) is 2. The number of rotatable bonds is 3. The first-order chi connectivity index (χ1) is 5.36. The maximum Gasteiger partial charge on any atom is 0.0463 e. The summed E-state index contributed by atoms with van der Waals surface area (Å²) in [6.07, 6.45) is 5.24. The van der Waals surface area contributed by atoms with Gasteiger partial charge in [-0.25, -0.2) is 0 Å². The third-order valence-corrected chi connectivity index (χ3v) is 2.45. The van der Waals surface area contributed by atoms with Gasteiger partial charge in [-0.3, -0.25) is 0 Å². The lowest BCUT2D eigenvalue weighted by Gasteiger charge is -2.15. The number of hydrogen-bond acceptors (Lipinski definition) is 2. The first-order valence-electron chi connectivity index (χ1n) is 4.55. The minimum Gasteiger partial charge on any atom is -0.385 e. The van der Waals surface area contributed by atoms with Crippen LogP contribution in [0.5, 0.6) is 0 Å². The predicted molar refractivity (Wildman–Crippen MR) is 46.3 cm³/mol. The monoisotopic (exact) mass is 152 g/mol. The Hall–Kier alpha value is -0.500. The lowest BCUT2D eigenvalue weighted by molar-refractivity contribution is 0.619. The van der Waals surface area contributed by atoms with E-state index in [-0.39, 0.29) is 0 Å². The molecule has 2 fully saturated rings. The molecule has 0 amide bonds. The van der Waals surface area contributed by atoms with Gasteiger partial charge in [-0.1, -0.05) is 6.58 Å². The van der Waals surface area contributed by atoms with Gasteiger partial charge in [-0.2, -0.15) is 0 Å². The molecule has 62 valence electrons. The first kappa shape index (κ1) is 7.17. The number of hydrogen-bond donors (Lipinski definition) is 2. The van der Waals surface area contributed by atoms with Crippen molar-refractivity contribution in [3.8, 4) is 0 Å². The summed E-state index contributed by atoms with van der Waals surface area (Å²) in [6.45, 7) is 5.21. The fraction of sp³-hybridized carbons (Fsp3) is 0.778. The van der Waals surface area contributed by atoms with E-state index in [1.807, 2.05) is 0 Å². The fourth-order valence-electron chi connectivity index (χ4n) is 1.57. The molecule has 1 heterocycles. The topological polar surface area (TPSA) is 24.1 Å². The van der Waals surface area contributed by atoms with Gasteiger partial charge < -0.3 is 10.6 Å². The average molecular weight is 152 g/mol. The van der Waals surface area contributed by atoms with Crippen molar-refractivity contribution in [2.45, 2.75) is 37.8 Å². The van der Waals surface area contributed by atoms with Gasteiger partial charge >= 0.3 is 0 Å². The van der Waals surface area contributed by atoms with E-state index < -0.39 is 0 Å². The maximum absolute atomic E-state index is 4.04. The van der Waals surface area contributed by atoms with Crippen LogP contribution >= 0.6 is 0 Å². The van der Waals surface area contributed by atoms with Crippen LogP contribution in [0.4, 0.5) is 0 Å². The molecule has 0 spiro atoms. The van der Waals surface area contributed by atoms with E-state index >= 15 is 0 Å². The van der Waals surface area contributed by atoms with Crippen LogP contribution in [0.3, 0.4) is 0 Å². The molecule has 2 nitrogen and oxygen atoms in total. The van der Waals surface area contributed by atoms with Crippen LogP contribution in [0, 0.1) is 0 Å². The van der Waals surface area contributed by atoms with Gasteiger partial charge in [0.2, 0.25) is 0 Å². The van der Waals surface area contributed by atoms with Crippen molar-refractivity contribution in [3.63, 3.8) is 0 Å². The molecular weight excluding hydrogens is 136 g/mol. The molecule has 0 bridgehead atoms. The molecule has 0 aromatic rings. The minimum atomic E-state index is 0.551. The van der Waals surface area contributed by atoms with Crippen molar-refractivity contribution < 1.29 is 0 Å². The average Bonchev–Trinajstić information content (AvgIpc) is 2.67. The lowest BCUT2D eigenvalue weighted by atomic mass is 10.2. The van der Waals surface area contributed by atoms with Gasteiger partial charge in [0.1, 0.15) is 0 Å². The Morgan fingerprint density at radius 3 is 2.73 bits per heavy atom. The fourth-order valence-corrected chi connectivity index (χ4v) is 1.57. The largest absolute Gasteiger partial charge is 0.385 e. The molecule has 1 saturated carbocycles. The van der Waals surface area contributed by atoms with Crippen LogP contribution in [0.2, 0.25) is 0 Å². The van der Waals surface area contributed by atoms with Crippen LogP contribution in [0.15, 0.2) is 12.3 Å². The van der Waals surface area contributed by atoms with Gasteiger partial charge in [0.25, 0.3) is 0 Å². The molecule has 1 aliphatic heterocycles. The van der Waals surface area contributed by atoms with E-state index in [1.54, 1.807) is 0 Å². The van der Waals surface area contributed by atoms with Crippen LogP contribution in [-0.4, -0.2) is 18.6 Å². The summed E-state index contributed by atoms with van der Waals surface area (Å²) in [4.78, 5) is 0. The summed E-state index contributed by atoms with van der Waals surface area (Å²) in [5.74, 6) is 0. The van der Waals surface area contributed by atoms with E-state index in [4.69, 9.17) is 0 Å². The van der Waals surface area contributed by atoms with Crippen molar-refractivity contribution in [2.24, 2.45) is 0 Å². The Balaban J connectivity index is 1.77. The van der Waals surface area contributed by atoms with Gasteiger partial charge in [0.05, 0.1) is 0 Å². The smallest absolute Gasteiger partial charge is 0.0463 e. The second kappa shape index (κ2) is 2.86. The Morgan fingerprint density at radius 2 is 2.18 bits per heavy atom. The maximum atomic E-state index is 4.04. The van der Waals surface area contributed by atoms with Gasteiger partial charge in [-0.15, -0.1) is 0 Å². The summed E-state index contributed by atoms with van der Waals surface area (Å²) in [6, 6.07) is 1.31. The normalized spacial score (nSPS) is 30.4. The summed E-state index contributed by atoms with van der Waals surface area (Å²) in [5.41, 5.74) is 1.21. The van der Waals surface area contributed by atoms with Gasteiger partial charge in [0, 0.05) is 17.8 Å². The zero-order chi connectivity index (χ0) is 7.68. The quantitative estimate of drug-likeness (QED) is 0.630. The molecule has 0 radical (unpaired) electrons. The molecule has 11 heavy (non-hydrogen) atoms. The summed E-state index contributed by atoms with van der Waals surface area (Å²) < 4.78 is 0. The van der Waals surface area contributed by atoms with Crippen molar-refractivity contribution >= 4 is 0 Å². The van der Waals surface area contributed by atoms with Crippen molar-refractivity contribution in [2.75, 3.05) is 6.54 Å². The minimum absolute atomic E-state index is 0.551. The highest BCUT2D eigenvalue weighted by Gasteiger charge is 2.25. The molecule has 1 aliphatic carbocycles. The lowest BCUT2D eigenvalue weighted by Crippen LogP contribution is -2.31. The third-order valence-electron chi connectivity index (χ3n) is 2.45. The molecule has 1 saturated heterocycles. The van der Waals surface area contributed by atoms with E-state index in [9.17, 15) is 0 Å². The Bertz CT molecular complexity index is 155. The molecule has 2 heteroatoms. The molecule has 2 N–H and O–H groups in total. The van der Waals surface area contributed by atoms with E-state index in [1.165, 1.54) is 31.4 Å². The summed E-state index contributed by atoms with van der Waals surface area (Å²) in [7, 11) is 0. The molecule has 1 atom stereocenters. The highest BCUT2D eigenvalue weighted by molar-refractivity contribution is 5.08. The van der Waals surface area contributed by atoms with E-state index in [0.29, 0.717) is 6.04 Å². The van der Waals surface area contributed by atoms with Gasteiger partial charge in [-0.05, 0) is 32.2 Å². The molecular formula is C9H16N2. The summed E-state index contributed by atoms with van der Waals surface area (Å²) in [5, 5.41) is 6.87. The summed E-state index contributed by atoms with van der Waals surface area (Å²) >= 11 is 0. The van der Waals surface area contributed by atoms with Crippen LogP contribution in [0.1, 0.15) is 25.7 Å². The standard InChI is InChI=1S/C9H16N2/c1-7(11-8-4-5-8)9-3-2-6-10-9/h8-11H,1-6H2. The van der Waals surface area contributed by atoms with Crippen molar-refractivity contribution in [3.05, 3.63) is 12.3 Å². The zero-order valence-corrected chi connectivity index (χ0v) is 6.90. The molecule has 2 rings (SSSR count). The highest BCUT2D eigenvalue weighted by Crippen LogP contribution is 2.22. The molecule has 0 aromatic heterocycles. The van der Waals surface area contributed by atoms with Crippen molar-refractivity contribution in [1.82, 2.24) is 10.6 Å². The molecule has 0 aromatic carbocycles. The van der Waals surface area contributed by atoms with E-state index in [2.05, 4.69) is 17.2 Å². The van der Waals surface area contributed by atoms with Crippen molar-refractivity contribution in [1.29, 1.82) is 0 Å². The Kier molecular flexibility index (Phi) is 1.86. The van der Waals surface area contributed by atoms with Crippen LogP contribution in [-0.2, 0) is 0 Å². The predicted octanol–water partition coefficient (Wildman–Crippen LogP) is 1.00. The second-order valence-corrected chi connectivity index (χ2v) is 3.59. The molecule has 1 unspecified atom stereocenters. The van der Waals surface area contributed by atoms with E-state index in [0.717, 1.165) is 12.6 Å². The Morgan fingerprint density at radius 1 is 1.36 bits per heavy atom. The van der Waals surface area contributed by atoms with Gasteiger partial charge in [0.15, 0.2) is 0 Å². The molecule has 2 aliphatic rings.